The molecule has 0 aromatic heterocycles. The van der Waals surface area contributed by atoms with Crippen LogP contribution in [0.2, 0.25) is 0 Å². The Morgan fingerprint density at radius 2 is 2.06 bits per heavy atom. The summed E-state index contributed by atoms with van der Waals surface area (Å²) >= 11 is 0. The SMILES string of the molecule is COc1cc(C=O)cc(/C=C/CN)c1OC. The molecular weight excluding hydrogens is 206 g/mol. The van der Waals surface area contributed by atoms with Crippen molar-refractivity contribution in [2.75, 3.05) is 20.8 Å². The molecule has 0 aliphatic heterocycles. The first kappa shape index (κ1) is 12.3. The highest BCUT2D eigenvalue weighted by Gasteiger charge is 2.09. The van der Waals surface area contributed by atoms with Gasteiger partial charge in [-0.2, -0.15) is 0 Å². The zero-order valence-electron chi connectivity index (χ0n) is 9.40. The average Bonchev–Trinajstić information content (AvgIpc) is 2.34. The van der Waals surface area contributed by atoms with Gasteiger partial charge in [0.25, 0.3) is 0 Å². The molecule has 4 nitrogen and oxygen atoms in total. The molecular formula is C12H15NO3. The molecule has 0 heterocycles. The molecule has 0 amide bonds. The van der Waals surface area contributed by atoms with Crippen LogP contribution in [0, 0.1) is 0 Å². The number of carbonyl (C=O) groups excluding carboxylic acids is 1. The van der Waals surface area contributed by atoms with Crippen molar-refractivity contribution in [1.29, 1.82) is 0 Å². The zero-order chi connectivity index (χ0) is 12.0. The lowest BCUT2D eigenvalue weighted by atomic mass is 10.1. The van der Waals surface area contributed by atoms with E-state index in [1.165, 1.54) is 7.11 Å². The van der Waals surface area contributed by atoms with Crippen LogP contribution in [0.5, 0.6) is 11.5 Å². The van der Waals surface area contributed by atoms with Crippen molar-refractivity contribution in [3.8, 4) is 11.5 Å². The molecule has 0 fully saturated rings. The second-order valence-corrected chi connectivity index (χ2v) is 3.10. The van der Waals surface area contributed by atoms with E-state index in [4.69, 9.17) is 15.2 Å². The van der Waals surface area contributed by atoms with E-state index < -0.39 is 0 Å². The van der Waals surface area contributed by atoms with Gasteiger partial charge in [0.2, 0.25) is 0 Å². The van der Waals surface area contributed by atoms with Crippen LogP contribution >= 0.6 is 0 Å². The topological polar surface area (TPSA) is 61.5 Å². The van der Waals surface area contributed by atoms with Crippen molar-refractivity contribution in [2.24, 2.45) is 5.73 Å². The number of rotatable bonds is 5. The normalized spacial score (nSPS) is 10.4. The number of ether oxygens (including phenoxy) is 2. The number of hydrogen-bond acceptors (Lipinski definition) is 4. The third-order valence-corrected chi connectivity index (χ3v) is 2.10. The third kappa shape index (κ3) is 2.61. The van der Waals surface area contributed by atoms with E-state index in [9.17, 15) is 4.79 Å². The van der Waals surface area contributed by atoms with Gasteiger partial charge in [0.15, 0.2) is 11.5 Å². The van der Waals surface area contributed by atoms with E-state index in [0.29, 0.717) is 23.6 Å². The van der Waals surface area contributed by atoms with E-state index in [0.717, 1.165) is 11.8 Å². The van der Waals surface area contributed by atoms with E-state index in [2.05, 4.69) is 0 Å². The Hall–Kier alpha value is -1.81. The highest BCUT2D eigenvalue weighted by Crippen LogP contribution is 2.32. The van der Waals surface area contributed by atoms with Crippen molar-refractivity contribution in [2.45, 2.75) is 0 Å². The molecule has 0 aliphatic carbocycles. The van der Waals surface area contributed by atoms with Gasteiger partial charge in [-0.15, -0.1) is 0 Å². The van der Waals surface area contributed by atoms with Crippen molar-refractivity contribution >= 4 is 12.4 Å². The number of hydrogen-bond donors (Lipinski definition) is 1. The van der Waals surface area contributed by atoms with Crippen molar-refractivity contribution in [1.82, 2.24) is 0 Å². The maximum Gasteiger partial charge on any atom is 0.167 e. The summed E-state index contributed by atoms with van der Waals surface area (Å²) in [7, 11) is 3.08. The molecule has 0 aliphatic rings. The maximum atomic E-state index is 10.8. The van der Waals surface area contributed by atoms with E-state index in [1.807, 2.05) is 0 Å². The first-order chi connectivity index (χ1) is 7.76. The van der Waals surface area contributed by atoms with Crippen molar-refractivity contribution < 1.29 is 14.3 Å². The maximum absolute atomic E-state index is 10.8. The summed E-state index contributed by atoms with van der Waals surface area (Å²) in [4.78, 5) is 10.8. The Kier molecular flexibility index (Phi) is 4.54. The molecule has 0 saturated carbocycles. The standard InChI is InChI=1S/C12H15NO3/c1-15-11-7-9(8-14)6-10(4-3-5-13)12(11)16-2/h3-4,6-8H,5,13H2,1-2H3/b4-3+. The lowest BCUT2D eigenvalue weighted by Crippen LogP contribution is -1.96. The predicted octanol–water partition coefficient (Wildman–Crippen LogP) is 1.49. The molecule has 0 bridgehead atoms. The van der Waals surface area contributed by atoms with E-state index in [1.54, 1.807) is 31.4 Å². The van der Waals surface area contributed by atoms with Gasteiger partial charge in [-0.25, -0.2) is 0 Å². The fourth-order valence-corrected chi connectivity index (χ4v) is 1.40. The molecule has 2 N–H and O–H groups in total. The van der Waals surface area contributed by atoms with Gasteiger partial charge in [-0.1, -0.05) is 12.2 Å². The molecule has 0 unspecified atom stereocenters. The molecule has 4 heteroatoms. The van der Waals surface area contributed by atoms with Crippen molar-refractivity contribution in [3.63, 3.8) is 0 Å². The highest BCUT2D eigenvalue weighted by atomic mass is 16.5. The fraction of sp³-hybridized carbons (Fsp3) is 0.250. The van der Waals surface area contributed by atoms with Gasteiger partial charge in [-0.05, 0) is 12.1 Å². The quantitative estimate of drug-likeness (QED) is 0.765. The molecule has 0 atom stereocenters. The van der Waals surface area contributed by atoms with Crippen LogP contribution in [-0.4, -0.2) is 27.1 Å². The molecule has 1 rings (SSSR count). The number of benzene rings is 1. The number of carbonyl (C=O) groups is 1. The van der Waals surface area contributed by atoms with E-state index in [-0.39, 0.29) is 0 Å². The fourth-order valence-electron chi connectivity index (χ4n) is 1.40. The predicted molar refractivity (Wildman–Crippen MR) is 63.0 cm³/mol. The van der Waals surface area contributed by atoms with Crippen LogP contribution in [0.15, 0.2) is 18.2 Å². The summed E-state index contributed by atoms with van der Waals surface area (Å²) in [5.41, 5.74) is 6.69. The first-order valence-corrected chi connectivity index (χ1v) is 4.84. The van der Waals surface area contributed by atoms with Gasteiger partial charge < -0.3 is 15.2 Å². The Morgan fingerprint density at radius 1 is 1.31 bits per heavy atom. The molecule has 0 spiro atoms. The summed E-state index contributed by atoms with van der Waals surface area (Å²) in [6, 6.07) is 3.35. The Bertz CT molecular complexity index is 399. The number of nitrogens with two attached hydrogens (primary N) is 1. The summed E-state index contributed by atoms with van der Waals surface area (Å²) in [6.07, 6.45) is 4.35. The molecule has 1 aromatic carbocycles. The smallest absolute Gasteiger partial charge is 0.167 e. The lowest BCUT2D eigenvalue weighted by molar-refractivity contribution is 0.112. The van der Waals surface area contributed by atoms with Crippen LogP contribution in [0.25, 0.3) is 6.08 Å². The molecule has 0 saturated heterocycles. The second kappa shape index (κ2) is 5.92. The summed E-state index contributed by atoms with van der Waals surface area (Å²) in [5.74, 6) is 1.13. The Morgan fingerprint density at radius 3 is 2.56 bits per heavy atom. The van der Waals surface area contributed by atoms with E-state index >= 15 is 0 Å². The second-order valence-electron chi connectivity index (χ2n) is 3.10. The minimum absolute atomic E-state index is 0.427. The zero-order valence-corrected chi connectivity index (χ0v) is 9.40. The van der Waals surface area contributed by atoms with Gasteiger partial charge in [0, 0.05) is 17.7 Å². The number of methoxy groups -OCH3 is 2. The van der Waals surface area contributed by atoms with Gasteiger partial charge >= 0.3 is 0 Å². The molecule has 0 radical (unpaired) electrons. The summed E-state index contributed by atoms with van der Waals surface area (Å²) < 4.78 is 10.4. The highest BCUT2D eigenvalue weighted by molar-refractivity contribution is 5.79. The minimum atomic E-state index is 0.427. The van der Waals surface area contributed by atoms with Crippen LogP contribution < -0.4 is 15.2 Å². The van der Waals surface area contributed by atoms with Crippen LogP contribution in [0.3, 0.4) is 0 Å². The summed E-state index contributed by atoms with van der Waals surface area (Å²) in [5, 5.41) is 0. The van der Waals surface area contributed by atoms with Gasteiger partial charge in [0.1, 0.15) is 6.29 Å². The largest absolute Gasteiger partial charge is 0.493 e. The third-order valence-electron chi connectivity index (χ3n) is 2.10. The summed E-state index contributed by atoms with van der Waals surface area (Å²) in [6.45, 7) is 0.427. The van der Waals surface area contributed by atoms with Crippen LogP contribution in [0.4, 0.5) is 0 Å². The minimum Gasteiger partial charge on any atom is -0.493 e. The van der Waals surface area contributed by atoms with Crippen LogP contribution in [0.1, 0.15) is 15.9 Å². The monoisotopic (exact) mass is 221 g/mol. The molecule has 16 heavy (non-hydrogen) atoms. The Labute approximate surface area is 94.7 Å². The Balaban J connectivity index is 3.30. The van der Waals surface area contributed by atoms with Crippen LogP contribution in [-0.2, 0) is 0 Å². The van der Waals surface area contributed by atoms with Gasteiger partial charge in [-0.3, -0.25) is 4.79 Å². The number of aldehydes is 1. The van der Waals surface area contributed by atoms with Crippen molar-refractivity contribution in [3.05, 3.63) is 29.3 Å². The average molecular weight is 221 g/mol. The lowest BCUT2D eigenvalue weighted by Gasteiger charge is -2.11. The molecule has 1 aromatic rings. The first-order valence-electron chi connectivity index (χ1n) is 4.84. The van der Waals surface area contributed by atoms with Gasteiger partial charge in [0.05, 0.1) is 14.2 Å². The molecule has 86 valence electrons.